The Morgan fingerprint density at radius 2 is 1.65 bits per heavy atom. The predicted molar refractivity (Wildman–Crippen MR) is 61.5 cm³/mol. The van der Waals surface area contributed by atoms with Crippen molar-refractivity contribution < 1.29 is 29.3 Å². The third-order valence-electron chi connectivity index (χ3n) is 0.826. The van der Waals surface area contributed by atoms with Crippen LogP contribution in [0.5, 0.6) is 0 Å². The Labute approximate surface area is 99.2 Å². The van der Waals surface area contributed by atoms with Crippen LogP contribution in [-0.2, 0) is 14.3 Å². The number of ether oxygens (including phenoxy) is 1. The first-order chi connectivity index (χ1) is 7.68. The fourth-order valence-electron chi connectivity index (χ4n) is 0.142. The van der Waals surface area contributed by atoms with Crippen molar-refractivity contribution in [3.05, 3.63) is 24.8 Å². The molecular weight excluding hydrogens is 230 g/mol. The van der Waals surface area contributed by atoms with Gasteiger partial charge in [-0.3, -0.25) is 0 Å². The maximum Gasteiger partial charge on any atom is 0.404 e. The lowest BCUT2D eigenvalue weighted by molar-refractivity contribution is -0.133. The summed E-state index contributed by atoms with van der Waals surface area (Å²) in [5.74, 6) is -1.92. The van der Waals surface area contributed by atoms with Gasteiger partial charge in [0, 0.05) is 11.6 Å². The first kappa shape index (κ1) is 20.1. The Hall–Kier alpha value is -2.31. The molecule has 0 radical (unpaired) electrons. The van der Waals surface area contributed by atoms with E-state index in [1.807, 2.05) is 0 Å². The van der Waals surface area contributed by atoms with Crippen LogP contribution in [-0.4, -0.2) is 34.9 Å². The molecule has 0 aromatic carbocycles. The van der Waals surface area contributed by atoms with Crippen LogP contribution in [0, 0.1) is 0 Å². The molecule has 0 aliphatic carbocycles. The van der Waals surface area contributed by atoms with Crippen molar-refractivity contribution in [1.29, 1.82) is 0 Å². The Bertz CT molecular complexity index is 273. The number of hydrogen-bond acceptors (Lipinski definition) is 4. The Kier molecular flexibility index (Phi) is 16.2. The number of carboxylic acid groups (broad SMARTS) is 2. The third kappa shape index (κ3) is 41.8. The molecule has 0 aliphatic rings. The molecule has 0 fully saturated rings. The van der Waals surface area contributed by atoms with E-state index in [0.29, 0.717) is 6.61 Å². The molecular formula is C10H17NO6. The van der Waals surface area contributed by atoms with Gasteiger partial charge < -0.3 is 20.7 Å². The van der Waals surface area contributed by atoms with Gasteiger partial charge in [0.05, 0.1) is 6.61 Å². The van der Waals surface area contributed by atoms with Crippen LogP contribution in [0.15, 0.2) is 24.8 Å². The highest BCUT2D eigenvalue weighted by molar-refractivity contribution is 5.84. The molecule has 0 aliphatic heterocycles. The van der Waals surface area contributed by atoms with Crippen LogP contribution in [0.25, 0.3) is 0 Å². The van der Waals surface area contributed by atoms with Crippen molar-refractivity contribution in [3.8, 4) is 0 Å². The molecule has 98 valence electrons. The Morgan fingerprint density at radius 3 is 1.65 bits per heavy atom. The molecule has 0 unspecified atom stereocenters. The van der Waals surface area contributed by atoms with Gasteiger partial charge in [0.2, 0.25) is 0 Å². The van der Waals surface area contributed by atoms with Gasteiger partial charge in [0.1, 0.15) is 0 Å². The summed E-state index contributed by atoms with van der Waals surface area (Å²) < 4.78 is 4.18. The van der Waals surface area contributed by atoms with E-state index >= 15 is 0 Å². The zero-order valence-electron chi connectivity index (χ0n) is 9.80. The van der Waals surface area contributed by atoms with Crippen molar-refractivity contribution in [3.63, 3.8) is 0 Å². The van der Waals surface area contributed by atoms with Crippen molar-refractivity contribution in [2.24, 2.45) is 5.73 Å². The normalized spacial score (nSPS) is 7.18. The number of aliphatic carboxylic acids is 2. The van der Waals surface area contributed by atoms with E-state index in [1.54, 1.807) is 6.92 Å². The third-order valence-corrected chi connectivity index (χ3v) is 0.826. The lowest BCUT2D eigenvalue weighted by atomic mass is 10.4. The van der Waals surface area contributed by atoms with Gasteiger partial charge in [-0.15, -0.1) is 0 Å². The highest BCUT2D eigenvalue weighted by Gasteiger charge is 1.90. The maximum absolute atomic E-state index is 9.60. The standard InChI is InChI=1S/C4H6O2.C3H7NO2.C3H4O2/c1-3(2)4(5)6;1-2-6-3(4)5;1-2-3(4)5/h1H2,2H3,(H,5,6);2H2,1H3,(H2,4,5);2H,1H2,(H,4,5). The topological polar surface area (TPSA) is 127 Å². The fraction of sp³-hybridized carbons (Fsp3) is 0.300. The molecule has 7 heteroatoms. The molecule has 0 atom stereocenters. The maximum atomic E-state index is 9.60. The van der Waals surface area contributed by atoms with Gasteiger partial charge in [-0.1, -0.05) is 13.2 Å². The van der Waals surface area contributed by atoms with Gasteiger partial charge in [-0.05, 0) is 13.8 Å². The molecule has 0 aromatic heterocycles. The van der Waals surface area contributed by atoms with E-state index in [4.69, 9.17) is 10.2 Å². The minimum absolute atomic E-state index is 0.176. The molecule has 0 aromatic rings. The molecule has 0 saturated carbocycles. The van der Waals surface area contributed by atoms with Gasteiger partial charge >= 0.3 is 18.0 Å². The lowest BCUT2D eigenvalue weighted by Crippen LogP contribution is -2.11. The van der Waals surface area contributed by atoms with Crippen LogP contribution < -0.4 is 5.73 Å². The Morgan fingerprint density at radius 1 is 1.35 bits per heavy atom. The largest absolute Gasteiger partial charge is 0.478 e. The number of carbonyl (C=O) groups is 3. The highest BCUT2D eigenvalue weighted by Crippen LogP contribution is 1.81. The molecule has 1 amide bonds. The Balaban J connectivity index is -0.000000174. The van der Waals surface area contributed by atoms with Crippen molar-refractivity contribution in [2.45, 2.75) is 13.8 Å². The summed E-state index contributed by atoms with van der Waals surface area (Å²) >= 11 is 0. The minimum atomic E-state index is -0.981. The van der Waals surface area contributed by atoms with E-state index in [1.165, 1.54) is 6.92 Å². The summed E-state index contributed by atoms with van der Waals surface area (Å²) in [7, 11) is 0. The number of nitrogens with two attached hydrogens (primary N) is 1. The van der Waals surface area contributed by atoms with Crippen LogP contribution in [0.2, 0.25) is 0 Å². The first-order valence-corrected chi connectivity index (χ1v) is 4.35. The molecule has 0 heterocycles. The lowest BCUT2D eigenvalue weighted by Gasteiger charge is -1.89. The summed E-state index contributed by atoms with van der Waals surface area (Å²) in [6, 6.07) is 0. The van der Waals surface area contributed by atoms with Crippen molar-refractivity contribution in [2.75, 3.05) is 6.61 Å². The number of amides is 1. The fourth-order valence-corrected chi connectivity index (χ4v) is 0.142. The number of primary amides is 1. The van der Waals surface area contributed by atoms with Crippen molar-refractivity contribution in [1.82, 2.24) is 0 Å². The van der Waals surface area contributed by atoms with E-state index in [9.17, 15) is 14.4 Å². The van der Waals surface area contributed by atoms with Crippen LogP contribution in [0.1, 0.15) is 13.8 Å². The average molecular weight is 247 g/mol. The van der Waals surface area contributed by atoms with Crippen molar-refractivity contribution >= 4 is 18.0 Å². The number of rotatable bonds is 3. The second kappa shape index (κ2) is 13.7. The molecule has 0 spiro atoms. The SMILES string of the molecule is C=C(C)C(=O)O.C=CC(=O)O.CCOC(N)=O. The number of hydrogen-bond donors (Lipinski definition) is 3. The number of carboxylic acids is 2. The van der Waals surface area contributed by atoms with E-state index in [-0.39, 0.29) is 5.57 Å². The molecule has 17 heavy (non-hydrogen) atoms. The molecule has 0 rings (SSSR count). The summed E-state index contributed by atoms with van der Waals surface area (Å²) in [6.07, 6.45) is 0.123. The first-order valence-electron chi connectivity index (χ1n) is 4.35. The summed E-state index contributed by atoms with van der Waals surface area (Å²) in [5, 5.41) is 15.5. The quantitative estimate of drug-likeness (QED) is 0.638. The summed E-state index contributed by atoms with van der Waals surface area (Å²) in [5.41, 5.74) is 4.72. The molecule has 0 bridgehead atoms. The van der Waals surface area contributed by atoms with Gasteiger partial charge in [-0.2, -0.15) is 0 Å². The minimum Gasteiger partial charge on any atom is -0.478 e. The van der Waals surface area contributed by atoms with Crippen LogP contribution in [0.3, 0.4) is 0 Å². The average Bonchev–Trinajstić information content (AvgIpc) is 2.19. The van der Waals surface area contributed by atoms with Crippen LogP contribution in [0.4, 0.5) is 4.79 Å². The van der Waals surface area contributed by atoms with E-state index in [0.717, 1.165) is 6.08 Å². The number of carbonyl (C=O) groups excluding carboxylic acids is 1. The molecule has 7 nitrogen and oxygen atoms in total. The summed E-state index contributed by atoms with van der Waals surface area (Å²) in [6.45, 7) is 9.62. The van der Waals surface area contributed by atoms with Gasteiger partial charge in [-0.25, -0.2) is 14.4 Å². The van der Waals surface area contributed by atoms with E-state index in [2.05, 4.69) is 23.6 Å². The van der Waals surface area contributed by atoms with Gasteiger partial charge in [0.15, 0.2) is 0 Å². The zero-order chi connectivity index (χ0) is 14.4. The highest BCUT2D eigenvalue weighted by atomic mass is 16.5. The van der Waals surface area contributed by atoms with Gasteiger partial charge in [0.25, 0.3) is 0 Å². The molecule has 4 N–H and O–H groups in total. The predicted octanol–water partition coefficient (Wildman–Crippen LogP) is 1.01. The zero-order valence-corrected chi connectivity index (χ0v) is 9.80. The smallest absolute Gasteiger partial charge is 0.404 e. The van der Waals surface area contributed by atoms with E-state index < -0.39 is 18.0 Å². The monoisotopic (exact) mass is 247 g/mol. The van der Waals surface area contributed by atoms with Crippen LogP contribution >= 0.6 is 0 Å². The second-order valence-electron chi connectivity index (χ2n) is 2.38. The second-order valence-corrected chi connectivity index (χ2v) is 2.38. The summed E-state index contributed by atoms with van der Waals surface area (Å²) in [4.78, 5) is 28.4. The molecule has 0 saturated heterocycles.